The molecule has 2 aromatic carbocycles. The highest BCUT2D eigenvalue weighted by atomic mass is 32.1. The predicted octanol–water partition coefficient (Wildman–Crippen LogP) is 8.41. The van der Waals surface area contributed by atoms with Crippen molar-refractivity contribution in [1.29, 1.82) is 0 Å². The van der Waals surface area contributed by atoms with Crippen molar-refractivity contribution in [3.63, 3.8) is 0 Å². The zero-order valence-corrected chi connectivity index (χ0v) is 40.9. The fourth-order valence-electron chi connectivity index (χ4n) is 10.1. The van der Waals surface area contributed by atoms with Gasteiger partial charge in [0.05, 0.1) is 40.2 Å². The molecule has 11 rings (SSSR count). The molecule has 8 heterocycles. The molecule has 19 heteroatoms. The topological polar surface area (TPSA) is 181 Å². The van der Waals surface area contributed by atoms with Crippen molar-refractivity contribution < 1.29 is 18.7 Å². The number of rotatable bonds is 16. The van der Waals surface area contributed by atoms with Gasteiger partial charge < -0.3 is 35.1 Å². The quantitative estimate of drug-likeness (QED) is 0.0730. The van der Waals surface area contributed by atoms with Crippen molar-refractivity contribution >= 4 is 62.0 Å². The number of halogens is 2. The predicted molar refractivity (Wildman–Crippen MR) is 275 cm³/mol. The maximum absolute atomic E-state index is 14.5. The number of hydrogen-bond donors (Lipinski definition) is 4. The number of likely N-dealkylation sites (tertiary alicyclic amines) is 1. The number of pyridine rings is 2. The summed E-state index contributed by atoms with van der Waals surface area (Å²) in [5, 5.41) is 30.1. The maximum Gasteiger partial charge on any atom is 0.295 e. The van der Waals surface area contributed by atoms with Crippen molar-refractivity contribution in [2.75, 3.05) is 37.4 Å². The first kappa shape index (κ1) is 47.0. The Bertz CT molecular complexity index is 3640. The van der Waals surface area contributed by atoms with E-state index in [1.807, 2.05) is 47.8 Å². The summed E-state index contributed by atoms with van der Waals surface area (Å²) >= 11 is 1.68. The van der Waals surface area contributed by atoms with Crippen LogP contribution in [0.1, 0.15) is 92.1 Å². The minimum absolute atomic E-state index is 0.00776. The van der Waals surface area contributed by atoms with E-state index in [9.17, 15) is 28.3 Å². The summed E-state index contributed by atoms with van der Waals surface area (Å²) in [5.74, 6) is -2.33. The number of nitrogens with one attached hydrogen (secondary N) is 3. The van der Waals surface area contributed by atoms with Crippen LogP contribution in [0.5, 0.6) is 0 Å². The highest BCUT2D eigenvalue weighted by Gasteiger charge is 2.40. The number of carbonyl (C=O) groups is 1. The molecule has 1 aliphatic heterocycles. The molecule has 1 amide bonds. The Labute approximate surface area is 416 Å². The molecule has 72 heavy (non-hydrogen) atoms. The van der Waals surface area contributed by atoms with Gasteiger partial charge in [-0.2, -0.15) is 19.0 Å². The number of aromatic nitrogens is 8. The van der Waals surface area contributed by atoms with Crippen LogP contribution in [0.25, 0.3) is 43.5 Å². The van der Waals surface area contributed by atoms with Crippen molar-refractivity contribution in [2.45, 2.75) is 88.5 Å². The van der Waals surface area contributed by atoms with Crippen LogP contribution in [0.3, 0.4) is 0 Å². The van der Waals surface area contributed by atoms with Crippen LogP contribution >= 0.6 is 11.3 Å². The molecule has 0 bridgehead atoms. The highest BCUT2D eigenvalue weighted by molar-refractivity contribution is 7.15. The summed E-state index contributed by atoms with van der Waals surface area (Å²) in [6.45, 7) is 4.24. The number of aliphatic hydroxyl groups is 1. The highest BCUT2D eigenvalue weighted by Crippen LogP contribution is 2.43. The summed E-state index contributed by atoms with van der Waals surface area (Å²) in [7, 11) is 1.93. The van der Waals surface area contributed by atoms with Gasteiger partial charge in [0, 0.05) is 95.7 Å². The molecule has 370 valence electrons. The standard InChI is InChI=1S/C53H54F2N12O4S/c1-32(33-8-6-9-35(25-33)53(54,55)31-68)59-50-38-29-64(48(70)26-41(38)66-45(61-50)15-21-57-66)36-17-23-63(24-18-36)47(69)14-11-40(44-13-12-43(72-44)37-10-5-4-7-34(37)28-56-3)60-51-39-30-65(52(2)19-20-52)49(71)27-42(39)67-46(62-51)16-22-58-67/h4-10,12-13,15-16,21-22,25-27,29-30,32,36,40,56,68H,11,14,17-20,23-24,28,31H2,1-3H3,(H,59,61)(H,60,62)/t32-,40-/m1/s1. The lowest BCUT2D eigenvalue weighted by molar-refractivity contribution is -0.132. The Morgan fingerprint density at radius 2 is 1.54 bits per heavy atom. The maximum atomic E-state index is 14.5. The SMILES string of the molecule is CNCc1ccccc1-c1ccc([C@@H](CCC(=O)N2CCC(n3cc4c(N[C@H](C)c5cccc(C(F)(F)CO)c5)nc5ccnn5c4cc3=O)CC2)Nc2nc3ccnn3c3cc(=O)n(C4(C)CC4)cc23)s1. The number of fused-ring (bicyclic) bond motifs is 6. The van der Waals surface area contributed by atoms with Crippen LogP contribution in [-0.4, -0.2) is 81.0 Å². The van der Waals surface area contributed by atoms with Crippen molar-refractivity contribution in [2.24, 2.45) is 0 Å². The number of nitrogens with zero attached hydrogens (tertiary/aromatic N) is 9. The normalized spacial score (nSPS) is 15.9. The lowest BCUT2D eigenvalue weighted by Crippen LogP contribution is -2.40. The van der Waals surface area contributed by atoms with E-state index in [1.54, 1.807) is 67.8 Å². The minimum atomic E-state index is -3.39. The van der Waals surface area contributed by atoms with Gasteiger partial charge in [0.1, 0.15) is 18.2 Å². The second kappa shape index (κ2) is 18.7. The number of benzene rings is 2. The van der Waals surface area contributed by atoms with Crippen LogP contribution < -0.4 is 27.1 Å². The van der Waals surface area contributed by atoms with Crippen molar-refractivity contribution in [1.82, 2.24) is 48.5 Å². The number of aliphatic hydroxyl groups excluding tert-OH is 1. The number of carbonyl (C=O) groups excluding carboxylic acids is 1. The molecule has 1 aliphatic carbocycles. The summed E-state index contributed by atoms with van der Waals surface area (Å²) in [5.41, 5.74) is 4.33. The van der Waals surface area contributed by atoms with E-state index in [0.717, 1.165) is 33.5 Å². The van der Waals surface area contributed by atoms with Gasteiger partial charge in [-0.1, -0.05) is 42.5 Å². The van der Waals surface area contributed by atoms with E-state index in [4.69, 9.17) is 9.97 Å². The Morgan fingerprint density at radius 3 is 2.24 bits per heavy atom. The monoisotopic (exact) mass is 992 g/mol. The first-order valence-corrected chi connectivity index (χ1v) is 25.2. The van der Waals surface area contributed by atoms with Crippen LogP contribution in [0, 0.1) is 0 Å². The number of amides is 1. The van der Waals surface area contributed by atoms with E-state index in [1.165, 1.54) is 23.8 Å². The molecule has 0 unspecified atom stereocenters. The Kier molecular flexibility index (Phi) is 12.2. The third-order valence-corrected chi connectivity index (χ3v) is 15.7. The van der Waals surface area contributed by atoms with Gasteiger partial charge in [0.25, 0.3) is 17.0 Å². The van der Waals surface area contributed by atoms with E-state index >= 15 is 0 Å². The van der Waals surface area contributed by atoms with Gasteiger partial charge in [-0.3, -0.25) is 14.4 Å². The van der Waals surface area contributed by atoms with E-state index < -0.39 is 18.6 Å². The van der Waals surface area contributed by atoms with Gasteiger partial charge in [0.2, 0.25) is 5.91 Å². The van der Waals surface area contributed by atoms with Gasteiger partial charge in [-0.25, -0.2) is 19.0 Å². The van der Waals surface area contributed by atoms with E-state index in [2.05, 4.69) is 57.3 Å². The summed E-state index contributed by atoms with van der Waals surface area (Å²) < 4.78 is 35.8. The van der Waals surface area contributed by atoms with E-state index in [-0.39, 0.29) is 46.6 Å². The number of thiophene rings is 1. The van der Waals surface area contributed by atoms with Crippen molar-refractivity contribution in [3.05, 3.63) is 152 Å². The first-order valence-electron chi connectivity index (χ1n) is 24.3. The molecule has 9 aromatic rings. The van der Waals surface area contributed by atoms with Gasteiger partial charge in [0.15, 0.2) is 11.3 Å². The minimum Gasteiger partial charge on any atom is -0.390 e. The zero-order valence-electron chi connectivity index (χ0n) is 40.1. The van der Waals surface area contributed by atoms with Crippen LogP contribution in [0.15, 0.2) is 119 Å². The Balaban J connectivity index is 0.847. The van der Waals surface area contributed by atoms with Crippen LogP contribution in [0.2, 0.25) is 0 Å². The molecule has 2 aliphatic rings. The lowest BCUT2D eigenvalue weighted by atomic mass is 10.0. The molecule has 4 N–H and O–H groups in total. The molecular weight excluding hydrogens is 939 g/mol. The molecule has 7 aromatic heterocycles. The Hall–Kier alpha value is -7.35. The third-order valence-electron chi connectivity index (χ3n) is 14.5. The zero-order chi connectivity index (χ0) is 49.9. The smallest absolute Gasteiger partial charge is 0.295 e. The average molecular weight is 993 g/mol. The molecule has 16 nitrogen and oxygen atoms in total. The third kappa shape index (κ3) is 8.78. The molecule has 1 saturated heterocycles. The molecule has 0 radical (unpaired) electrons. The van der Waals surface area contributed by atoms with Gasteiger partial charge >= 0.3 is 0 Å². The fourth-order valence-corrected chi connectivity index (χ4v) is 11.2. The van der Waals surface area contributed by atoms with Crippen LogP contribution in [0.4, 0.5) is 20.4 Å². The molecule has 2 fully saturated rings. The number of hydrogen-bond acceptors (Lipinski definition) is 12. The number of anilines is 2. The second-order valence-electron chi connectivity index (χ2n) is 19.3. The molecular formula is C53H54F2N12O4S. The summed E-state index contributed by atoms with van der Waals surface area (Å²) in [4.78, 5) is 55.6. The largest absolute Gasteiger partial charge is 0.390 e. The average Bonchev–Trinajstić information content (AvgIpc) is 3.79. The van der Waals surface area contributed by atoms with Crippen molar-refractivity contribution in [3.8, 4) is 10.4 Å². The second-order valence-corrected chi connectivity index (χ2v) is 20.4. The molecule has 1 saturated carbocycles. The first-order chi connectivity index (χ1) is 34.8. The van der Waals surface area contributed by atoms with Crippen LogP contribution in [-0.2, 0) is 22.8 Å². The lowest BCUT2D eigenvalue weighted by Gasteiger charge is -2.33. The van der Waals surface area contributed by atoms with Gasteiger partial charge in [-0.05, 0) is 87.9 Å². The van der Waals surface area contributed by atoms with Gasteiger partial charge in [-0.15, -0.1) is 11.3 Å². The Morgan fingerprint density at radius 1 is 0.861 bits per heavy atom. The number of alkyl halides is 2. The molecule has 0 spiro atoms. The number of piperidine rings is 1. The molecule has 2 atom stereocenters. The summed E-state index contributed by atoms with van der Waals surface area (Å²) in [6, 6.07) is 24.3. The van der Waals surface area contributed by atoms with E-state index in [0.29, 0.717) is 83.8 Å². The summed E-state index contributed by atoms with van der Waals surface area (Å²) in [6.07, 6.45) is 10.6. The fraction of sp³-hybridized carbons (Fsp3) is 0.340.